The van der Waals surface area contributed by atoms with Gasteiger partial charge in [0, 0.05) is 44.0 Å². The lowest BCUT2D eigenvalue weighted by Gasteiger charge is -2.23. The molecule has 0 unspecified atom stereocenters. The second kappa shape index (κ2) is 9.22. The third-order valence-electron chi connectivity index (χ3n) is 3.71. The summed E-state index contributed by atoms with van der Waals surface area (Å²) >= 11 is 0. The maximum absolute atomic E-state index is 10.8. The Bertz CT molecular complexity index is 781. The van der Waals surface area contributed by atoms with E-state index in [1.807, 2.05) is 30.3 Å². The Morgan fingerprint density at radius 1 is 1.08 bits per heavy atom. The quantitative estimate of drug-likeness (QED) is 0.392. The summed E-state index contributed by atoms with van der Waals surface area (Å²) in [5.74, 6) is 0. The van der Waals surface area contributed by atoms with Gasteiger partial charge in [-0.15, -0.1) is 0 Å². The maximum atomic E-state index is 10.8. The van der Waals surface area contributed by atoms with Crippen LogP contribution in [0.1, 0.15) is 5.56 Å². The topological polar surface area (TPSA) is 146 Å². The van der Waals surface area contributed by atoms with Gasteiger partial charge in [0.25, 0.3) is 5.69 Å². The van der Waals surface area contributed by atoms with Crippen molar-refractivity contribution >= 4 is 22.7 Å². The predicted molar refractivity (Wildman–Crippen MR) is 102 cm³/mol. The number of nitriles is 1. The van der Waals surface area contributed by atoms with Crippen LogP contribution in [0, 0.1) is 21.4 Å². The van der Waals surface area contributed by atoms with Gasteiger partial charge in [-0.2, -0.15) is 5.26 Å². The number of nitro benzene ring substituents is 1. The van der Waals surface area contributed by atoms with Crippen molar-refractivity contribution < 1.29 is 4.92 Å². The fourth-order valence-electron chi connectivity index (χ4n) is 2.42. The summed E-state index contributed by atoms with van der Waals surface area (Å²) in [6.45, 7) is 2.52. The van der Waals surface area contributed by atoms with Crippen LogP contribution in [0.5, 0.6) is 0 Å². The number of nitro groups is 1. The molecule has 0 aliphatic heterocycles. The Morgan fingerprint density at radius 3 is 2.27 bits per heavy atom. The van der Waals surface area contributed by atoms with Crippen LogP contribution in [0.25, 0.3) is 0 Å². The average molecular weight is 355 g/mol. The van der Waals surface area contributed by atoms with Crippen molar-refractivity contribution in [2.45, 2.75) is 0 Å². The first kappa shape index (κ1) is 19.0. The lowest BCUT2D eigenvalue weighted by Crippen LogP contribution is -2.33. The zero-order valence-corrected chi connectivity index (χ0v) is 14.2. The largest absolute Gasteiger partial charge is 0.369 e. The van der Waals surface area contributed by atoms with Crippen LogP contribution in [0.15, 0.2) is 42.5 Å². The van der Waals surface area contributed by atoms with E-state index in [9.17, 15) is 10.1 Å². The van der Waals surface area contributed by atoms with E-state index in [1.54, 1.807) is 0 Å². The molecule has 0 aromatic heterocycles. The first-order valence-corrected chi connectivity index (χ1v) is 8.04. The number of nitrogens with zero attached hydrogens (tertiary/aromatic N) is 3. The first-order chi connectivity index (χ1) is 12.6. The second-order valence-corrected chi connectivity index (χ2v) is 5.46. The summed E-state index contributed by atoms with van der Waals surface area (Å²) in [5.41, 5.74) is 19.4. The van der Waals surface area contributed by atoms with Gasteiger partial charge in [0.05, 0.1) is 21.9 Å². The van der Waals surface area contributed by atoms with Crippen LogP contribution in [-0.2, 0) is 0 Å². The molecule has 0 spiro atoms. The zero-order chi connectivity index (χ0) is 18.9. The molecule has 0 bridgehead atoms. The molecule has 6 N–H and O–H groups in total. The molecule has 9 heteroatoms. The predicted octanol–water partition coefficient (Wildman–Crippen LogP) is 1.63. The molecule has 0 radical (unpaired) electrons. The van der Waals surface area contributed by atoms with E-state index < -0.39 is 4.92 Å². The molecule has 0 atom stereocenters. The Morgan fingerprint density at radius 2 is 1.73 bits per heavy atom. The van der Waals surface area contributed by atoms with Gasteiger partial charge in [0.2, 0.25) is 0 Å². The van der Waals surface area contributed by atoms with Crippen molar-refractivity contribution in [3.05, 3.63) is 58.1 Å². The highest BCUT2D eigenvalue weighted by Gasteiger charge is 2.10. The van der Waals surface area contributed by atoms with E-state index in [1.165, 1.54) is 18.2 Å². The van der Waals surface area contributed by atoms with E-state index in [4.69, 9.17) is 16.7 Å². The van der Waals surface area contributed by atoms with E-state index in [-0.39, 0.29) is 11.3 Å². The SMILES string of the molecule is N#Cc1cc([N+](=O)[O-])ccc1NNc1ccc(N(CCN)CCN)cc1. The summed E-state index contributed by atoms with van der Waals surface area (Å²) in [6, 6.07) is 13.6. The second-order valence-electron chi connectivity index (χ2n) is 5.46. The number of nitrogens with one attached hydrogen (secondary N) is 2. The molecule has 136 valence electrons. The minimum absolute atomic E-state index is 0.128. The number of hydrogen-bond donors (Lipinski definition) is 4. The van der Waals surface area contributed by atoms with E-state index in [2.05, 4.69) is 15.8 Å². The Hall–Kier alpha value is -3.35. The number of non-ortho nitro benzene ring substituents is 1. The number of hydrogen-bond acceptors (Lipinski definition) is 8. The van der Waals surface area contributed by atoms with Gasteiger partial charge in [0.15, 0.2) is 0 Å². The number of benzene rings is 2. The lowest BCUT2D eigenvalue weighted by atomic mass is 10.2. The number of hydrazine groups is 1. The molecule has 2 aromatic rings. The summed E-state index contributed by atoms with van der Waals surface area (Å²) in [4.78, 5) is 12.3. The van der Waals surface area contributed by atoms with Crippen molar-refractivity contribution in [1.29, 1.82) is 5.26 Å². The van der Waals surface area contributed by atoms with Crippen molar-refractivity contribution in [3.8, 4) is 6.07 Å². The Kier molecular flexibility index (Phi) is 6.73. The maximum Gasteiger partial charge on any atom is 0.270 e. The van der Waals surface area contributed by atoms with Gasteiger partial charge >= 0.3 is 0 Å². The highest BCUT2D eigenvalue weighted by Crippen LogP contribution is 2.22. The summed E-state index contributed by atoms with van der Waals surface area (Å²) < 4.78 is 0. The van der Waals surface area contributed by atoms with Crippen LogP contribution >= 0.6 is 0 Å². The van der Waals surface area contributed by atoms with Gasteiger partial charge in [-0.05, 0) is 30.3 Å². The van der Waals surface area contributed by atoms with Gasteiger partial charge in [0.1, 0.15) is 6.07 Å². The fourth-order valence-corrected chi connectivity index (χ4v) is 2.42. The third kappa shape index (κ3) is 4.83. The van der Waals surface area contributed by atoms with E-state index in [0.717, 1.165) is 24.5 Å². The van der Waals surface area contributed by atoms with Crippen LogP contribution in [0.4, 0.5) is 22.7 Å². The zero-order valence-electron chi connectivity index (χ0n) is 14.2. The fraction of sp³-hybridized carbons (Fsp3) is 0.235. The van der Waals surface area contributed by atoms with Crippen LogP contribution < -0.4 is 27.2 Å². The standard InChI is InChI=1S/C17H21N7O2/c18-7-9-23(10-8-19)15-3-1-14(2-4-15)21-22-17-6-5-16(24(25)26)11-13(17)12-20/h1-6,11,21-22H,7-10,18-19H2. The van der Waals surface area contributed by atoms with Crippen molar-refractivity contribution in [1.82, 2.24) is 0 Å². The minimum Gasteiger partial charge on any atom is -0.369 e. The van der Waals surface area contributed by atoms with Crippen LogP contribution in [-0.4, -0.2) is 31.1 Å². The molecule has 2 aromatic carbocycles. The molecule has 0 heterocycles. The highest BCUT2D eigenvalue weighted by molar-refractivity contribution is 5.64. The molecule has 0 saturated heterocycles. The summed E-state index contributed by atoms with van der Waals surface area (Å²) in [6.07, 6.45) is 0. The minimum atomic E-state index is -0.536. The highest BCUT2D eigenvalue weighted by atomic mass is 16.6. The van der Waals surface area contributed by atoms with Gasteiger partial charge in [-0.3, -0.25) is 15.5 Å². The molecule has 26 heavy (non-hydrogen) atoms. The Labute approximate surface area is 151 Å². The first-order valence-electron chi connectivity index (χ1n) is 8.04. The molecule has 0 aliphatic rings. The average Bonchev–Trinajstić information content (AvgIpc) is 2.66. The third-order valence-corrected chi connectivity index (χ3v) is 3.71. The molecule has 0 amide bonds. The molecule has 0 saturated carbocycles. The summed E-state index contributed by atoms with van der Waals surface area (Å²) in [7, 11) is 0. The molecular formula is C17H21N7O2. The lowest BCUT2D eigenvalue weighted by molar-refractivity contribution is -0.384. The van der Waals surface area contributed by atoms with Crippen molar-refractivity contribution in [2.24, 2.45) is 11.5 Å². The van der Waals surface area contributed by atoms with Crippen LogP contribution in [0.3, 0.4) is 0 Å². The van der Waals surface area contributed by atoms with Gasteiger partial charge in [-0.1, -0.05) is 0 Å². The molecular weight excluding hydrogens is 334 g/mol. The molecule has 9 nitrogen and oxygen atoms in total. The molecule has 2 rings (SSSR count). The van der Waals surface area contributed by atoms with Gasteiger partial charge in [-0.25, -0.2) is 0 Å². The summed E-state index contributed by atoms with van der Waals surface area (Å²) in [5, 5.41) is 19.9. The van der Waals surface area contributed by atoms with Crippen LogP contribution in [0.2, 0.25) is 0 Å². The van der Waals surface area contributed by atoms with Crippen molar-refractivity contribution in [3.63, 3.8) is 0 Å². The van der Waals surface area contributed by atoms with E-state index >= 15 is 0 Å². The Balaban J connectivity index is 2.06. The monoisotopic (exact) mass is 355 g/mol. The number of nitrogens with two attached hydrogens (primary N) is 2. The molecule has 0 fully saturated rings. The smallest absolute Gasteiger partial charge is 0.270 e. The molecule has 0 aliphatic carbocycles. The van der Waals surface area contributed by atoms with Gasteiger partial charge < -0.3 is 21.8 Å². The van der Waals surface area contributed by atoms with E-state index in [0.29, 0.717) is 18.8 Å². The number of rotatable bonds is 9. The normalized spacial score (nSPS) is 10.0. The number of anilines is 3. The van der Waals surface area contributed by atoms with Crippen molar-refractivity contribution in [2.75, 3.05) is 41.9 Å².